The summed E-state index contributed by atoms with van der Waals surface area (Å²) >= 11 is 1.63. The van der Waals surface area contributed by atoms with Crippen LogP contribution in [-0.2, 0) is 45.1 Å². The van der Waals surface area contributed by atoms with Crippen LogP contribution in [0.5, 0.6) is 0 Å². The van der Waals surface area contributed by atoms with Gasteiger partial charge in [0.2, 0.25) is 0 Å². The molecular weight excluding hydrogens is 470 g/mol. The summed E-state index contributed by atoms with van der Waals surface area (Å²) < 4.78 is 12.5. The largest absolute Gasteiger partial charge is 0.460 e. The Hall–Kier alpha value is -3.25. The monoisotopic (exact) mass is 503 g/mol. The molecule has 1 aromatic heterocycles. The molecule has 0 radical (unpaired) electrons. The Balaban J connectivity index is 1.64. The van der Waals surface area contributed by atoms with Crippen LogP contribution in [-0.4, -0.2) is 18.5 Å². The van der Waals surface area contributed by atoms with Crippen LogP contribution in [0.1, 0.15) is 52.5 Å². The zero-order chi connectivity index (χ0) is 25.5. The molecule has 0 N–H and O–H groups in total. The van der Waals surface area contributed by atoms with Crippen LogP contribution < -0.4 is 4.67 Å². The van der Waals surface area contributed by atoms with Gasteiger partial charge in [0, 0.05) is 24.3 Å². The number of aryl methyl sites for hydroxylation is 1. The van der Waals surface area contributed by atoms with Crippen molar-refractivity contribution in [2.24, 2.45) is 10.4 Å². The fourth-order valence-electron chi connectivity index (χ4n) is 4.57. The van der Waals surface area contributed by atoms with Crippen molar-refractivity contribution >= 4 is 23.3 Å². The predicted octanol–water partition coefficient (Wildman–Crippen LogP) is 5.64. The minimum absolute atomic E-state index is 0.113. The van der Waals surface area contributed by atoms with Gasteiger partial charge in [-0.2, -0.15) is 0 Å². The maximum Gasteiger partial charge on any atom is 0.324 e. The standard InChI is InChI=1S/C30H33NO4S/c1-4-5-16-31-27-21(2)25-17-30(18-26(25)22(3)36-27,28(32)34-19-23-12-8-6-9-13-23)29(33)35-20-24-14-10-7-11-15-24/h6-15H,4-5,16-20H2,1-3H3. The number of fused-ring (bicyclic) bond motifs is 1. The summed E-state index contributed by atoms with van der Waals surface area (Å²) in [4.78, 5) is 33.2. The number of ether oxygens (including phenoxy) is 2. The van der Waals surface area contributed by atoms with Crippen LogP contribution in [0.4, 0.5) is 0 Å². The molecular formula is C30H33NO4S. The highest BCUT2D eigenvalue weighted by molar-refractivity contribution is 7.09. The first-order chi connectivity index (χ1) is 17.4. The smallest absolute Gasteiger partial charge is 0.324 e. The van der Waals surface area contributed by atoms with Crippen LogP contribution in [0.25, 0.3) is 0 Å². The van der Waals surface area contributed by atoms with Gasteiger partial charge < -0.3 is 9.47 Å². The first-order valence-electron chi connectivity index (χ1n) is 12.5. The summed E-state index contributed by atoms with van der Waals surface area (Å²) in [7, 11) is 0. The molecule has 1 aliphatic rings. The quantitative estimate of drug-likeness (QED) is 0.215. The molecule has 0 aliphatic heterocycles. The van der Waals surface area contributed by atoms with Crippen molar-refractivity contribution < 1.29 is 19.1 Å². The number of esters is 2. The molecule has 3 aromatic rings. The third kappa shape index (κ3) is 5.59. The molecule has 0 spiro atoms. The fourth-order valence-corrected chi connectivity index (χ4v) is 5.61. The molecule has 0 amide bonds. The predicted molar refractivity (Wildman–Crippen MR) is 141 cm³/mol. The number of nitrogens with zero attached hydrogens (tertiary/aromatic N) is 1. The maximum atomic E-state index is 13.6. The van der Waals surface area contributed by atoms with E-state index in [-0.39, 0.29) is 26.1 Å². The molecule has 2 aromatic carbocycles. The van der Waals surface area contributed by atoms with E-state index in [0.29, 0.717) is 0 Å². The maximum absolute atomic E-state index is 13.6. The first-order valence-corrected chi connectivity index (χ1v) is 13.3. The van der Waals surface area contributed by atoms with Gasteiger partial charge in [-0.3, -0.25) is 14.6 Å². The average Bonchev–Trinajstić information content (AvgIpc) is 3.33. The van der Waals surface area contributed by atoms with Gasteiger partial charge in [0.25, 0.3) is 0 Å². The Kier molecular flexibility index (Phi) is 8.36. The normalized spacial score (nSPS) is 14.4. The van der Waals surface area contributed by atoms with Crippen LogP contribution >= 0.6 is 11.3 Å². The number of carbonyl (C=O) groups excluding carboxylic acids is 2. The van der Waals surface area contributed by atoms with Crippen molar-refractivity contribution in [3.63, 3.8) is 0 Å². The van der Waals surface area contributed by atoms with Gasteiger partial charge in [-0.1, -0.05) is 74.0 Å². The number of hydrogen-bond donors (Lipinski definition) is 0. The zero-order valence-corrected chi connectivity index (χ0v) is 22.0. The Bertz CT molecular complexity index is 1230. The van der Waals surface area contributed by atoms with Gasteiger partial charge in [0.05, 0.1) is 0 Å². The molecule has 0 atom stereocenters. The lowest BCUT2D eigenvalue weighted by Crippen LogP contribution is -2.43. The average molecular weight is 504 g/mol. The second-order valence-electron chi connectivity index (χ2n) is 9.34. The van der Waals surface area contributed by atoms with E-state index in [0.717, 1.165) is 56.8 Å². The SMILES string of the molecule is CCCCN=c1sc(C)c2c(c1C)CC(C(=O)OCc1ccccc1)(C(=O)OCc1ccccc1)C2. The number of rotatable bonds is 9. The lowest BCUT2D eigenvalue weighted by atomic mass is 9.84. The Morgan fingerprint density at radius 2 is 1.39 bits per heavy atom. The first kappa shape index (κ1) is 25.8. The molecule has 4 rings (SSSR count). The van der Waals surface area contributed by atoms with Crippen molar-refractivity contribution in [3.05, 3.63) is 98.0 Å². The molecule has 0 unspecified atom stereocenters. The molecule has 5 nitrogen and oxygen atoms in total. The van der Waals surface area contributed by atoms with Crippen LogP contribution in [0.15, 0.2) is 65.7 Å². The highest BCUT2D eigenvalue weighted by Gasteiger charge is 2.54. The zero-order valence-electron chi connectivity index (χ0n) is 21.2. The highest BCUT2D eigenvalue weighted by atomic mass is 32.1. The molecule has 0 bridgehead atoms. The number of benzene rings is 2. The van der Waals surface area contributed by atoms with Crippen molar-refractivity contribution in [1.82, 2.24) is 0 Å². The second-order valence-corrected chi connectivity index (χ2v) is 10.5. The Morgan fingerprint density at radius 3 is 1.92 bits per heavy atom. The van der Waals surface area contributed by atoms with Gasteiger partial charge >= 0.3 is 11.9 Å². The van der Waals surface area contributed by atoms with E-state index in [1.54, 1.807) is 11.3 Å². The molecule has 188 valence electrons. The summed E-state index contributed by atoms with van der Waals surface area (Å²) in [6.07, 6.45) is 2.66. The third-order valence-corrected chi connectivity index (χ3v) is 7.92. The summed E-state index contributed by atoms with van der Waals surface area (Å²) in [6, 6.07) is 19.0. The molecule has 0 fully saturated rings. The number of hydrogen-bond acceptors (Lipinski definition) is 6. The van der Waals surface area contributed by atoms with E-state index in [1.165, 1.54) is 0 Å². The van der Waals surface area contributed by atoms with E-state index in [2.05, 4.69) is 6.92 Å². The fraction of sp³-hybridized carbons (Fsp3) is 0.367. The van der Waals surface area contributed by atoms with Gasteiger partial charge in [-0.05, 0) is 48.1 Å². The van der Waals surface area contributed by atoms with Gasteiger partial charge in [-0.15, -0.1) is 11.3 Å². The topological polar surface area (TPSA) is 65.0 Å². The lowest BCUT2D eigenvalue weighted by Gasteiger charge is -2.25. The highest BCUT2D eigenvalue weighted by Crippen LogP contribution is 2.42. The lowest BCUT2D eigenvalue weighted by molar-refractivity contribution is -0.173. The van der Waals surface area contributed by atoms with Gasteiger partial charge in [0.1, 0.15) is 17.9 Å². The molecule has 1 aliphatic carbocycles. The van der Waals surface area contributed by atoms with Crippen LogP contribution in [0, 0.1) is 19.3 Å². The number of unbranched alkanes of at least 4 members (excludes halogenated alkanes) is 1. The minimum Gasteiger partial charge on any atom is -0.460 e. The van der Waals surface area contributed by atoms with Gasteiger partial charge in [-0.25, -0.2) is 0 Å². The third-order valence-electron chi connectivity index (χ3n) is 6.74. The van der Waals surface area contributed by atoms with E-state index in [9.17, 15) is 9.59 Å². The van der Waals surface area contributed by atoms with E-state index < -0.39 is 17.4 Å². The van der Waals surface area contributed by atoms with Crippen molar-refractivity contribution in [3.8, 4) is 0 Å². The Labute approximate surface area is 216 Å². The molecule has 36 heavy (non-hydrogen) atoms. The summed E-state index contributed by atoms with van der Waals surface area (Å²) in [6.45, 7) is 7.23. The van der Waals surface area contributed by atoms with Gasteiger partial charge in [0.15, 0.2) is 5.41 Å². The summed E-state index contributed by atoms with van der Waals surface area (Å²) in [5.41, 5.74) is 3.46. The van der Waals surface area contributed by atoms with Crippen molar-refractivity contribution in [1.29, 1.82) is 0 Å². The van der Waals surface area contributed by atoms with E-state index in [4.69, 9.17) is 14.5 Å². The van der Waals surface area contributed by atoms with Crippen LogP contribution in [0.2, 0.25) is 0 Å². The molecule has 0 saturated heterocycles. The minimum atomic E-state index is -1.41. The molecule has 1 heterocycles. The molecule has 0 saturated carbocycles. The summed E-state index contributed by atoms with van der Waals surface area (Å²) in [5, 5.41) is 0. The van der Waals surface area contributed by atoms with E-state index >= 15 is 0 Å². The van der Waals surface area contributed by atoms with Crippen molar-refractivity contribution in [2.45, 2.75) is 59.7 Å². The van der Waals surface area contributed by atoms with Crippen molar-refractivity contribution in [2.75, 3.05) is 6.54 Å². The number of carbonyl (C=O) groups is 2. The van der Waals surface area contributed by atoms with E-state index in [1.807, 2.05) is 74.5 Å². The Morgan fingerprint density at radius 1 is 0.861 bits per heavy atom. The molecule has 6 heteroatoms. The van der Waals surface area contributed by atoms with Crippen LogP contribution in [0.3, 0.4) is 0 Å². The summed E-state index contributed by atoms with van der Waals surface area (Å²) in [5.74, 6) is -1.07. The second kappa shape index (κ2) is 11.7.